The Hall–Kier alpha value is -6.39. The molecule has 2 aromatic heterocycles. The molecule has 0 amide bonds. The van der Waals surface area contributed by atoms with E-state index in [-0.39, 0.29) is 12.1 Å². The Morgan fingerprint density at radius 3 is 2.32 bits per heavy atom. The van der Waals surface area contributed by atoms with E-state index in [1.807, 2.05) is 6.07 Å². The number of benzene rings is 5. The van der Waals surface area contributed by atoms with Crippen LogP contribution in [0, 0.1) is 0 Å². The van der Waals surface area contributed by atoms with Crippen LogP contribution in [0.1, 0.15) is 29.2 Å². The largest absolute Gasteiger partial charge is 0.372 e. The molecule has 10 rings (SSSR count). The molecular formula is C46H32N4. The molecule has 0 spiro atoms. The van der Waals surface area contributed by atoms with E-state index >= 15 is 0 Å². The van der Waals surface area contributed by atoms with Crippen LogP contribution in [0.4, 0.5) is 5.69 Å². The number of fused-ring (bicyclic) bond motifs is 6. The number of allylic oxidation sites excluding steroid dienone is 3. The fourth-order valence-electron chi connectivity index (χ4n) is 7.40. The molecule has 2 atom stereocenters. The first-order valence-electron chi connectivity index (χ1n) is 17.2. The average Bonchev–Trinajstić information content (AvgIpc) is 3.19. The summed E-state index contributed by atoms with van der Waals surface area (Å²) in [5.41, 5.74) is 13.0. The van der Waals surface area contributed by atoms with Gasteiger partial charge in [-0.05, 0) is 70.3 Å². The second kappa shape index (κ2) is 11.6. The van der Waals surface area contributed by atoms with Gasteiger partial charge in [0.25, 0.3) is 0 Å². The molecular weight excluding hydrogens is 609 g/mol. The van der Waals surface area contributed by atoms with E-state index < -0.39 is 0 Å². The van der Waals surface area contributed by atoms with E-state index in [0.717, 1.165) is 73.3 Å². The van der Waals surface area contributed by atoms with Crippen molar-refractivity contribution in [2.75, 3.05) is 5.32 Å². The van der Waals surface area contributed by atoms with Gasteiger partial charge < -0.3 is 5.32 Å². The van der Waals surface area contributed by atoms with Crippen LogP contribution in [-0.4, -0.2) is 21.7 Å². The number of hydrogen-bond donors (Lipinski definition) is 1. The summed E-state index contributed by atoms with van der Waals surface area (Å²) >= 11 is 0. The summed E-state index contributed by atoms with van der Waals surface area (Å²) in [4.78, 5) is 15.3. The number of dihydropyridines is 1. The monoisotopic (exact) mass is 640 g/mol. The molecule has 7 aromatic rings. The van der Waals surface area contributed by atoms with Crippen molar-refractivity contribution < 1.29 is 0 Å². The van der Waals surface area contributed by atoms with Crippen LogP contribution in [-0.2, 0) is 0 Å². The minimum Gasteiger partial charge on any atom is -0.372 e. The maximum Gasteiger partial charge on any atom is 0.0947 e. The van der Waals surface area contributed by atoms with Crippen LogP contribution >= 0.6 is 0 Å². The number of pyridine rings is 2. The summed E-state index contributed by atoms with van der Waals surface area (Å²) in [5, 5.41) is 8.46. The summed E-state index contributed by atoms with van der Waals surface area (Å²) in [6, 6.07) is 43.4. The third kappa shape index (κ3) is 5.05. The zero-order valence-corrected chi connectivity index (χ0v) is 27.3. The minimum absolute atomic E-state index is 0.0384. The van der Waals surface area contributed by atoms with Gasteiger partial charge in [-0.25, -0.2) is 9.97 Å². The number of anilines is 1. The van der Waals surface area contributed by atoms with Crippen molar-refractivity contribution >= 4 is 50.1 Å². The van der Waals surface area contributed by atoms with Crippen molar-refractivity contribution in [2.24, 2.45) is 4.99 Å². The van der Waals surface area contributed by atoms with Gasteiger partial charge in [-0.15, -0.1) is 0 Å². The number of rotatable bonds is 4. The molecule has 0 bridgehead atoms. The lowest BCUT2D eigenvalue weighted by atomic mass is 9.94. The summed E-state index contributed by atoms with van der Waals surface area (Å²) in [5.74, 6) is 0. The van der Waals surface area contributed by atoms with Gasteiger partial charge >= 0.3 is 0 Å². The number of aliphatic imine (C=N–C) groups is 1. The van der Waals surface area contributed by atoms with Crippen LogP contribution in [0.25, 0.3) is 61.2 Å². The van der Waals surface area contributed by atoms with Gasteiger partial charge in [0.05, 0.1) is 45.9 Å². The maximum atomic E-state index is 5.13. The Labute approximate surface area is 290 Å². The molecule has 4 heterocycles. The van der Waals surface area contributed by atoms with Crippen LogP contribution < -0.4 is 5.32 Å². The van der Waals surface area contributed by atoms with Crippen LogP contribution in [0.3, 0.4) is 0 Å². The van der Waals surface area contributed by atoms with Crippen LogP contribution in [0.15, 0.2) is 168 Å². The second-order valence-electron chi connectivity index (χ2n) is 13.3. The molecule has 2 unspecified atom stereocenters. The smallest absolute Gasteiger partial charge is 0.0947 e. The fourth-order valence-corrected chi connectivity index (χ4v) is 7.40. The van der Waals surface area contributed by atoms with E-state index in [0.29, 0.717) is 0 Å². The van der Waals surface area contributed by atoms with Gasteiger partial charge in [-0.1, -0.05) is 127 Å². The topological polar surface area (TPSA) is 50.2 Å². The zero-order chi connectivity index (χ0) is 33.0. The first-order chi connectivity index (χ1) is 24.7. The maximum absolute atomic E-state index is 5.13. The van der Waals surface area contributed by atoms with Crippen LogP contribution in [0.5, 0.6) is 0 Å². The first kappa shape index (κ1) is 28.6. The third-order valence-electron chi connectivity index (χ3n) is 10.1. The highest BCUT2D eigenvalue weighted by atomic mass is 14.9. The lowest BCUT2D eigenvalue weighted by Crippen LogP contribution is -2.16. The van der Waals surface area contributed by atoms with E-state index in [1.54, 1.807) is 0 Å². The zero-order valence-electron chi connectivity index (χ0n) is 27.3. The Bertz CT molecular complexity index is 2660. The van der Waals surface area contributed by atoms with Crippen molar-refractivity contribution in [3.8, 4) is 22.5 Å². The van der Waals surface area contributed by atoms with Gasteiger partial charge in [-0.2, -0.15) is 0 Å². The van der Waals surface area contributed by atoms with Crippen molar-refractivity contribution in [1.29, 1.82) is 0 Å². The molecule has 0 saturated heterocycles. The molecule has 0 radical (unpaired) electrons. The molecule has 1 aliphatic carbocycles. The lowest BCUT2D eigenvalue weighted by Gasteiger charge is -2.24. The molecule has 236 valence electrons. The number of nitrogens with one attached hydrogen (secondary N) is 1. The summed E-state index contributed by atoms with van der Waals surface area (Å²) in [7, 11) is 0. The molecule has 2 aliphatic heterocycles. The summed E-state index contributed by atoms with van der Waals surface area (Å²) in [6.07, 6.45) is 16.2. The highest BCUT2D eigenvalue weighted by Gasteiger charge is 2.20. The molecule has 0 saturated carbocycles. The van der Waals surface area contributed by atoms with Crippen molar-refractivity contribution in [3.63, 3.8) is 0 Å². The number of hydrogen-bond acceptors (Lipinski definition) is 4. The highest BCUT2D eigenvalue weighted by Crippen LogP contribution is 2.37. The molecule has 3 aliphatic rings. The number of aromatic nitrogens is 2. The normalized spacial score (nSPS) is 17.7. The summed E-state index contributed by atoms with van der Waals surface area (Å²) < 4.78 is 0. The van der Waals surface area contributed by atoms with Crippen molar-refractivity contribution in [2.45, 2.75) is 18.5 Å². The minimum atomic E-state index is 0.0384. The Balaban J connectivity index is 0.938. The molecule has 1 N–H and O–H groups in total. The predicted molar refractivity (Wildman–Crippen MR) is 209 cm³/mol. The molecule has 5 aromatic carbocycles. The standard InChI is InChI=1S/C46H32N4/c1-2-6-29(7-3-1)40-24-20-32-11-12-33-21-25-43(50-46(33)45(32)49-40)37-17-14-34-26-36(16-13-35(34)27-37)41-23-19-31-10-15-38(28-44(31)48-41)42-22-18-30-8-4-5-9-39(30)47-42/h1-8,10-28,39,43,50H,9H2. The van der Waals surface area contributed by atoms with Crippen LogP contribution in [0.2, 0.25) is 0 Å². The highest BCUT2D eigenvalue weighted by molar-refractivity contribution is 6.11. The number of nitrogens with zero attached hydrogens (tertiary/aromatic N) is 3. The quantitative estimate of drug-likeness (QED) is 0.208. The van der Waals surface area contributed by atoms with Gasteiger partial charge in [-0.3, -0.25) is 4.99 Å². The van der Waals surface area contributed by atoms with Gasteiger partial charge in [0.1, 0.15) is 0 Å². The molecule has 4 nitrogen and oxygen atoms in total. The van der Waals surface area contributed by atoms with Gasteiger partial charge in [0, 0.05) is 27.5 Å². The lowest BCUT2D eigenvalue weighted by molar-refractivity contribution is 0.790. The predicted octanol–water partition coefficient (Wildman–Crippen LogP) is 11.1. The fraction of sp³-hybridized carbons (Fsp3) is 0.0652. The van der Waals surface area contributed by atoms with Gasteiger partial charge in [0.2, 0.25) is 0 Å². The average molecular weight is 641 g/mol. The molecule has 50 heavy (non-hydrogen) atoms. The Morgan fingerprint density at radius 2 is 1.38 bits per heavy atom. The second-order valence-corrected chi connectivity index (χ2v) is 13.3. The van der Waals surface area contributed by atoms with Gasteiger partial charge in [0.15, 0.2) is 0 Å². The van der Waals surface area contributed by atoms with Crippen molar-refractivity contribution in [1.82, 2.24) is 9.97 Å². The van der Waals surface area contributed by atoms with E-state index in [4.69, 9.17) is 15.0 Å². The summed E-state index contributed by atoms with van der Waals surface area (Å²) in [6.45, 7) is 0. The Morgan fingerprint density at radius 1 is 0.600 bits per heavy atom. The van der Waals surface area contributed by atoms with Crippen molar-refractivity contribution in [3.05, 3.63) is 180 Å². The SMILES string of the molecule is C1=CCC2N=C(c3ccc4ccc(-c5ccc6cc(C7C=Cc8ccc9ccc(-c%10ccccc%10)nc9c8N7)ccc6c5)nc4c3)C=CC2=C1. The molecule has 0 fully saturated rings. The third-order valence-corrected chi connectivity index (χ3v) is 10.1. The first-order valence-corrected chi connectivity index (χ1v) is 17.2. The molecule has 4 heteroatoms. The van der Waals surface area contributed by atoms with E-state index in [1.165, 1.54) is 21.9 Å². The van der Waals surface area contributed by atoms with E-state index in [2.05, 4.69) is 163 Å². The Kier molecular flexibility index (Phi) is 6.66. The van der Waals surface area contributed by atoms with E-state index in [9.17, 15) is 0 Å².